The van der Waals surface area contributed by atoms with Crippen LogP contribution in [0.15, 0.2) is 0 Å². The number of nitrogens with zero attached hydrogens (tertiary/aromatic N) is 1. The Kier molecular flexibility index (Phi) is 5.79. The fourth-order valence-electron chi connectivity index (χ4n) is 2.20. The number of esters is 1. The number of methoxy groups -OCH3 is 1. The van der Waals surface area contributed by atoms with E-state index < -0.39 is 0 Å². The minimum atomic E-state index is -0.369. The van der Waals surface area contributed by atoms with Crippen molar-refractivity contribution < 1.29 is 9.53 Å². The van der Waals surface area contributed by atoms with E-state index in [1.54, 1.807) is 0 Å². The molecule has 108 valence electrons. The number of hydrogen-bond acceptors (Lipinski definition) is 5. The molecule has 0 bridgehead atoms. The van der Waals surface area contributed by atoms with Crippen LogP contribution in [0.4, 0.5) is 5.13 Å². The lowest BCUT2D eigenvalue weighted by Crippen LogP contribution is -2.24. The molecule has 0 aromatic carbocycles. The maximum absolute atomic E-state index is 11.5. The monoisotopic (exact) mass is 284 g/mol. The van der Waals surface area contributed by atoms with Crippen LogP contribution in [0.5, 0.6) is 0 Å². The maximum atomic E-state index is 11.5. The quantitative estimate of drug-likeness (QED) is 0.811. The van der Waals surface area contributed by atoms with Crippen LogP contribution in [0, 0.1) is 24.7 Å². The first-order valence-corrected chi connectivity index (χ1v) is 7.48. The minimum absolute atomic E-state index is 0.369. The third kappa shape index (κ3) is 4.20. The fourth-order valence-corrected chi connectivity index (χ4v) is 3.01. The summed E-state index contributed by atoms with van der Waals surface area (Å²) in [5.74, 6) is 1.46. The van der Waals surface area contributed by atoms with Gasteiger partial charge in [-0.25, -0.2) is 9.78 Å². The van der Waals surface area contributed by atoms with Gasteiger partial charge in [-0.05, 0) is 24.7 Å². The second-order valence-electron chi connectivity index (χ2n) is 5.45. The predicted octanol–water partition coefficient (Wildman–Crippen LogP) is 3.58. The van der Waals surface area contributed by atoms with Gasteiger partial charge in [0.1, 0.15) is 0 Å². The van der Waals surface area contributed by atoms with Crippen LogP contribution in [0.25, 0.3) is 0 Å². The third-order valence-corrected chi connectivity index (χ3v) is 4.31. The van der Waals surface area contributed by atoms with Crippen molar-refractivity contribution in [3.05, 3.63) is 10.6 Å². The van der Waals surface area contributed by atoms with Crippen molar-refractivity contribution in [3.8, 4) is 0 Å². The van der Waals surface area contributed by atoms with Crippen LogP contribution >= 0.6 is 11.3 Å². The van der Waals surface area contributed by atoms with Gasteiger partial charge in [-0.3, -0.25) is 0 Å². The van der Waals surface area contributed by atoms with Crippen molar-refractivity contribution in [2.24, 2.45) is 17.8 Å². The van der Waals surface area contributed by atoms with Crippen LogP contribution in [0.1, 0.15) is 43.1 Å². The van der Waals surface area contributed by atoms with E-state index >= 15 is 0 Å². The zero-order valence-corrected chi connectivity index (χ0v) is 13.4. The average molecular weight is 284 g/mol. The topological polar surface area (TPSA) is 51.2 Å². The predicted molar refractivity (Wildman–Crippen MR) is 79.8 cm³/mol. The fraction of sp³-hybridized carbons (Fsp3) is 0.714. The molecule has 5 heteroatoms. The Balaban J connectivity index is 2.70. The Morgan fingerprint density at radius 1 is 1.32 bits per heavy atom. The lowest BCUT2D eigenvalue weighted by atomic mass is 9.86. The van der Waals surface area contributed by atoms with Crippen LogP contribution in [0.2, 0.25) is 0 Å². The highest BCUT2D eigenvalue weighted by atomic mass is 32.1. The van der Waals surface area contributed by atoms with Gasteiger partial charge in [0.15, 0.2) is 10.8 Å². The summed E-state index contributed by atoms with van der Waals surface area (Å²) >= 11 is 1.50. The number of aromatic nitrogens is 1. The van der Waals surface area contributed by atoms with Gasteiger partial charge in [-0.15, -0.1) is 11.3 Å². The normalized spacial score (nSPS) is 11.4. The Labute approximate surface area is 119 Å². The molecule has 0 atom stereocenters. The van der Waals surface area contributed by atoms with Gasteiger partial charge in [-0.2, -0.15) is 0 Å². The Morgan fingerprint density at radius 2 is 1.89 bits per heavy atom. The number of nitrogens with one attached hydrogen (secondary N) is 1. The molecule has 1 heterocycles. The SMILES string of the molecule is COC(=O)c1nc(NCC(C(C)C)C(C)C)sc1C. The summed E-state index contributed by atoms with van der Waals surface area (Å²) in [5.41, 5.74) is 0.417. The van der Waals surface area contributed by atoms with E-state index in [9.17, 15) is 4.79 Å². The second kappa shape index (κ2) is 6.89. The van der Waals surface area contributed by atoms with Gasteiger partial charge in [0.2, 0.25) is 0 Å². The van der Waals surface area contributed by atoms with E-state index in [4.69, 9.17) is 4.74 Å². The first kappa shape index (κ1) is 16.0. The maximum Gasteiger partial charge on any atom is 0.357 e. The van der Waals surface area contributed by atoms with Crippen molar-refractivity contribution in [3.63, 3.8) is 0 Å². The molecular formula is C14H24N2O2S. The van der Waals surface area contributed by atoms with Gasteiger partial charge in [0, 0.05) is 11.4 Å². The zero-order valence-electron chi connectivity index (χ0n) is 12.6. The van der Waals surface area contributed by atoms with Gasteiger partial charge in [0.25, 0.3) is 0 Å². The van der Waals surface area contributed by atoms with Gasteiger partial charge >= 0.3 is 5.97 Å². The lowest BCUT2D eigenvalue weighted by molar-refractivity contribution is 0.0594. The molecular weight excluding hydrogens is 260 g/mol. The van der Waals surface area contributed by atoms with Crippen LogP contribution < -0.4 is 5.32 Å². The molecule has 1 aromatic rings. The summed E-state index contributed by atoms with van der Waals surface area (Å²) in [6, 6.07) is 0. The van der Waals surface area contributed by atoms with Crippen LogP contribution in [-0.4, -0.2) is 24.6 Å². The minimum Gasteiger partial charge on any atom is -0.464 e. The highest BCUT2D eigenvalue weighted by molar-refractivity contribution is 7.15. The summed E-state index contributed by atoms with van der Waals surface area (Å²) in [6.45, 7) is 11.7. The van der Waals surface area contributed by atoms with Crippen molar-refractivity contribution >= 4 is 22.4 Å². The number of carbonyl (C=O) groups excluding carboxylic acids is 1. The molecule has 19 heavy (non-hydrogen) atoms. The molecule has 0 amide bonds. The van der Waals surface area contributed by atoms with Gasteiger partial charge in [0.05, 0.1) is 7.11 Å². The second-order valence-corrected chi connectivity index (χ2v) is 6.65. The van der Waals surface area contributed by atoms with E-state index in [1.807, 2.05) is 6.92 Å². The molecule has 0 aliphatic carbocycles. The largest absolute Gasteiger partial charge is 0.464 e. The van der Waals surface area contributed by atoms with E-state index in [2.05, 4.69) is 38.0 Å². The highest BCUT2D eigenvalue weighted by Crippen LogP contribution is 2.25. The molecule has 0 radical (unpaired) electrons. The Bertz CT molecular complexity index is 419. The molecule has 0 fully saturated rings. The number of ether oxygens (including phenoxy) is 1. The molecule has 0 unspecified atom stereocenters. The third-order valence-electron chi connectivity index (χ3n) is 3.38. The molecule has 1 rings (SSSR count). The van der Waals surface area contributed by atoms with E-state index in [-0.39, 0.29) is 5.97 Å². The van der Waals surface area contributed by atoms with E-state index in [0.29, 0.717) is 23.4 Å². The highest BCUT2D eigenvalue weighted by Gasteiger charge is 2.19. The zero-order chi connectivity index (χ0) is 14.6. The number of thiazole rings is 1. The number of aryl methyl sites for hydroxylation is 1. The first-order valence-electron chi connectivity index (χ1n) is 6.66. The van der Waals surface area contributed by atoms with Gasteiger partial charge < -0.3 is 10.1 Å². The number of anilines is 1. The van der Waals surface area contributed by atoms with Crippen LogP contribution in [-0.2, 0) is 4.74 Å². The van der Waals surface area contributed by atoms with Gasteiger partial charge in [-0.1, -0.05) is 27.7 Å². The number of rotatable bonds is 6. The molecule has 0 aliphatic rings. The summed E-state index contributed by atoms with van der Waals surface area (Å²) in [6.07, 6.45) is 0. The van der Waals surface area contributed by atoms with E-state index in [1.165, 1.54) is 18.4 Å². The smallest absolute Gasteiger partial charge is 0.357 e. The van der Waals surface area contributed by atoms with Crippen molar-refractivity contribution in [1.82, 2.24) is 4.98 Å². The Hall–Kier alpha value is -1.10. The van der Waals surface area contributed by atoms with Crippen molar-refractivity contribution in [2.75, 3.05) is 19.0 Å². The standard InChI is InChI=1S/C14H24N2O2S/c1-8(2)11(9(3)4)7-15-14-16-12(10(5)19-14)13(17)18-6/h8-9,11H,7H2,1-6H3,(H,15,16). The number of hydrogen-bond donors (Lipinski definition) is 1. The summed E-state index contributed by atoms with van der Waals surface area (Å²) < 4.78 is 4.71. The van der Waals surface area contributed by atoms with Crippen molar-refractivity contribution in [2.45, 2.75) is 34.6 Å². The molecule has 0 saturated heterocycles. The van der Waals surface area contributed by atoms with Crippen LogP contribution in [0.3, 0.4) is 0 Å². The summed E-state index contributed by atoms with van der Waals surface area (Å²) in [5, 5.41) is 4.14. The molecule has 1 aromatic heterocycles. The number of carbonyl (C=O) groups is 1. The molecule has 0 saturated carbocycles. The summed E-state index contributed by atoms with van der Waals surface area (Å²) in [4.78, 5) is 16.7. The Morgan fingerprint density at radius 3 is 2.37 bits per heavy atom. The summed E-state index contributed by atoms with van der Waals surface area (Å²) in [7, 11) is 1.38. The molecule has 0 spiro atoms. The lowest BCUT2D eigenvalue weighted by Gasteiger charge is -2.24. The first-order chi connectivity index (χ1) is 8.86. The van der Waals surface area contributed by atoms with Crippen molar-refractivity contribution in [1.29, 1.82) is 0 Å². The molecule has 0 aliphatic heterocycles. The average Bonchev–Trinajstić information content (AvgIpc) is 2.69. The molecule has 4 nitrogen and oxygen atoms in total. The van der Waals surface area contributed by atoms with E-state index in [0.717, 1.165) is 16.6 Å². The molecule has 1 N–H and O–H groups in total.